The minimum absolute atomic E-state index is 0.140. The molecule has 0 atom stereocenters. The first-order valence-electron chi connectivity index (χ1n) is 5.31. The second-order valence-electron chi connectivity index (χ2n) is 3.66. The summed E-state index contributed by atoms with van der Waals surface area (Å²) < 4.78 is 40.2. The molecule has 0 amide bonds. The van der Waals surface area contributed by atoms with Crippen molar-refractivity contribution in [2.24, 2.45) is 0 Å². The van der Waals surface area contributed by atoms with Crippen molar-refractivity contribution in [3.8, 4) is 0 Å². The van der Waals surface area contributed by atoms with Gasteiger partial charge in [0.25, 0.3) is 0 Å². The molecule has 0 saturated heterocycles. The number of benzene rings is 1. The topological polar surface area (TPSA) is 24.9 Å². The smallest absolute Gasteiger partial charge is 0.170 e. The van der Waals surface area contributed by atoms with Crippen molar-refractivity contribution in [2.75, 3.05) is 11.9 Å². The van der Waals surface area contributed by atoms with Crippen LogP contribution in [-0.2, 0) is 0 Å². The molecular formula is C12H11F3N2. The van der Waals surface area contributed by atoms with Crippen molar-refractivity contribution < 1.29 is 13.2 Å². The van der Waals surface area contributed by atoms with E-state index in [-0.39, 0.29) is 10.9 Å². The summed E-state index contributed by atoms with van der Waals surface area (Å²) in [6.45, 7) is 2.53. The molecule has 2 rings (SSSR count). The summed E-state index contributed by atoms with van der Waals surface area (Å²) in [4.78, 5) is 3.73. The van der Waals surface area contributed by atoms with Gasteiger partial charge in [0.15, 0.2) is 17.5 Å². The van der Waals surface area contributed by atoms with Gasteiger partial charge in [0.05, 0.1) is 5.39 Å². The number of rotatable bonds is 3. The molecule has 5 heteroatoms. The van der Waals surface area contributed by atoms with Gasteiger partial charge >= 0.3 is 0 Å². The highest BCUT2D eigenvalue weighted by Crippen LogP contribution is 2.28. The first kappa shape index (κ1) is 11.7. The quantitative estimate of drug-likeness (QED) is 0.831. The molecule has 90 valence electrons. The predicted molar refractivity (Wildman–Crippen MR) is 60.4 cm³/mol. The summed E-state index contributed by atoms with van der Waals surface area (Å²) in [7, 11) is 0. The van der Waals surface area contributed by atoms with Crippen molar-refractivity contribution >= 4 is 16.6 Å². The lowest BCUT2D eigenvalue weighted by Crippen LogP contribution is -2.03. The number of fused-ring (bicyclic) bond motifs is 1. The molecule has 17 heavy (non-hydrogen) atoms. The summed E-state index contributed by atoms with van der Waals surface area (Å²) in [5.41, 5.74) is 0.192. The molecule has 1 heterocycles. The highest BCUT2D eigenvalue weighted by Gasteiger charge is 2.16. The van der Waals surface area contributed by atoms with E-state index in [1.54, 1.807) is 0 Å². The lowest BCUT2D eigenvalue weighted by atomic mass is 10.1. The van der Waals surface area contributed by atoms with Crippen molar-refractivity contribution in [1.82, 2.24) is 4.98 Å². The van der Waals surface area contributed by atoms with Gasteiger partial charge in [-0.3, -0.25) is 4.98 Å². The number of halogens is 3. The van der Waals surface area contributed by atoms with E-state index in [9.17, 15) is 13.2 Å². The van der Waals surface area contributed by atoms with Gasteiger partial charge in [-0.25, -0.2) is 13.2 Å². The van der Waals surface area contributed by atoms with Gasteiger partial charge in [0.1, 0.15) is 5.52 Å². The Hall–Kier alpha value is -1.78. The number of hydrogen-bond acceptors (Lipinski definition) is 2. The second-order valence-corrected chi connectivity index (χ2v) is 3.66. The molecule has 0 aliphatic carbocycles. The fourth-order valence-electron chi connectivity index (χ4n) is 1.63. The normalized spacial score (nSPS) is 10.8. The van der Waals surface area contributed by atoms with Crippen LogP contribution in [0.5, 0.6) is 0 Å². The number of pyridine rings is 1. The number of nitrogens with one attached hydrogen (secondary N) is 1. The van der Waals surface area contributed by atoms with Crippen LogP contribution in [-0.4, -0.2) is 11.5 Å². The molecule has 2 aromatic rings. The zero-order valence-electron chi connectivity index (χ0n) is 9.23. The molecule has 0 spiro atoms. The van der Waals surface area contributed by atoms with Gasteiger partial charge in [-0.15, -0.1) is 0 Å². The number of anilines is 1. The van der Waals surface area contributed by atoms with Crippen molar-refractivity contribution in [3.63, 3.8) is 0 Å². The zero-order valence-corrected chi connectivity index (χ0v) is 9.23. The SMILES string of the molecule is CCCNc1ccnc2c(F)cc(F)c(F)c12. The van der Waals surface area contributed by atoms with Gasteiger partial charge in [-0.1, -0.05) is 6.92 Å². The Bertz CT molecular complexity index is 555. The Morgan fingerprint density at radius 1 is 1.24 bits per heavy atom. The van der Waals surface area contributed by atoms with E-state index in [4.69, 9.17) is 0 Å². The Balaban J connectivity index is 2.69. The van der Waals surface area contributed by atoms with E-state index in [0.29, 0.717) is 18.3 Å². The fraction of sp³-hybridized carbons (Fsp3) is 0.250. The van der Waals surface area contributed by atoms with Crippen LogP contribution in [0.15, 0.2) is 18.3 Å². The van der Waals surface area contributed by atoms with E-state index >= 15 is 0 Å². The molecule has 0 aliphatic heterocycles. The van der Waals surface area contributed by atoms with Crippen molar-refractivity contribution in [1.29, 1.82) is 0 Å². The second kappa shape index (κ2) is 4.61. The Morgan fingerprint density at radius 2 is 2.00 bits per heavy atom. The lowest BCUT2D eigenvalue weighted by Gasteiger charge is -2.09. The first-order chi connectivity index (χ1) is 8.15. The van der Waals surface area contributed by atoms with Gasteiger partial charge < -0.3 is 5.32 Å². The van der Waals surface area contributed by atoms with Gasteiger partial charge in [0.2, 0.25) is 0 Å². The van der Waals surface area contributed by atoms with E-state index in [2.05, 4.69) is 10.3 Å². The third kappa shape index (κ3) is 2.05. The average molecular weight is 240 g/mol. The van der Waals surface area contributed by atoms with Gasteiger partial charge in [-0.05, 0) is 12.5 Å². The number of hydrogen-bond donors (Lipinski definition) is 1. The molecule has 2 nitrogen and oxygen atoms in total. The molecule has 1 N–H and O–H groups in total. The largest absolute Gasteiger partial charge is 0.384 e. The van der Waals surface area contributed by atoms with E-state index in [1.807, 2.05) is 6.92 Å². The van der Waals surface area contributed by atoms with Crippen LogP contribution in [0, 0.1) is 17.5 Å². The zero-order chi connectivity index (χ0) is 12.4. The molecule has 0 bridgehead atoms. The molecule has 0 radical (unpaired) electrons. The maximum Gasteiger partial charge on any atom is 0.170 e. The minimum atomic E-state index is -1.21. The van der Waals surface area contributed by atoms with Crippen molar-refractivity contribution in [3.05, 3.63) is 35.8 Å². The monoisotopic (exact) mass is 240 g/mol. The molecule has 0 fully saturated rings. The summed E-state index contributed by atoms with van der Waals surface area (Å²) in [6.07, 6.45) is 2.18. The summed E-state index contributed by atoms with van der Waals surface area (Å²) >= 11 is 0. The molecule has 1 aromatic carbocycles. The summed E-state index contributed by atoms with van der Waals surface area (Å²) in [5, 5.41) is 2.78. The first-order valence-corrected chi connectivity index (χ1v) is 5.31. The van der Waals surface area contributed by atoms with Crippen LogP contribution in [0.1, 0.15) is 13.3 Å². The molecule has 0 unspecified atom stereocenters. The van der Waals surface area contributed by atoms with Crippen LogP contribution in [0.2, 0.25) is 0 Å². The highest BCUT2D eigenvalue weighted by atomic mass is 19.2. The maximum atomic E-state index is 13.6. The summed E-state index contributed by atoms with van der Waals surface area (Å²) in [5.74, 6) is -3.14. The van der Waals surface area contributed by atoms with E-state index in [1.165, 1.54) is 12.3 Å². The van der Waals surface area contributed by atoms with Gasteiger partial charge in [0, 0.05) is 24.5 Å². The maximum absolute atomic E-state index is 13.6. The van der Waals surface area contributed by atoms with Gasteiger partial charge in [-0.2, -0.15) is 0 Å². The van der Waals surface area contributed by atoms with Crippen LogP contribution in [0.4, 0.5) is 18.9 Å². The Kier molecular flexibility index (Phi) is 3.17. The number of aromatic nitrogens is 1. The van der Waals surface area contributed by atoms with E-state index in [0.717, 1.165) is 6.42 Å². The summed E-state index contributed by atoms with van der Waals surface area (Å²) in [6, 6.07) is 2.01. The van der Waals surface area contributed by atoms with Crippen LogP contribution >= 0.6 is 0 Å². The predicted octanol–water partition coefficient (Wildman–Crippen LogP) is 3.47. The molecule has 0 aliphatic rings. The number of nitrogens with zero attached hydrogens (tertiary/aromatic N) is 1. The molecule has 0 saturated carbocycles. The lowest BCUT2D eigenvalue weighted by molar-refractivity contribution is 0.505. The fourth-order valence-corrected chi connectivity index (χ4v) is 1.63. The standard InChI is InChI=1S/C12H11F3N2/c1-2-4-16-9-3-5-17-12-8(14)6-7(13)11(15)10(9)12/h3,5-6H,2,4H2,1H3,(H,16,17). The Labute approximate surface area is 96.5 Å². The Morgan fingerprint density at radius 3 is 2.71 bits per heavy atom. The third-order valence-corrected chi connectivity index (χ3v) is 2.43. The van der Waals surface area contributed by atoms with Crippen LogP contribution in [0.25, 0.3) is 10.9 Å². The molecule has 1 aromatic heterocycles. The highest BCUT2D eigenvalue weighted by molar-refractivity contribution is 5.92. The minimum Gasteiger partial charge on any atom is -0.384 e. The van der Waals surface area contributed by atoms with Crippen LogP contribution < -0.4 is 5.32 Å². The van der Waals surface area contributed by atoms with Crippen LogP contribution in [0.3, 0.4) is 0 Å². The van der Waals surface area contributed by atoms with E-state index < -0.39 is 17.5 Å². The average Bonchev–Trinajstić information content (AvgIpc) is 2.33. The molecular weight excluding hydrogens is 229 g/mol. The van der Waals surface area contributed by atoms with Crippen molar-refractivity contribution in [2.45, 2.75) is 13.3 Å². The third-order valence-electron chi connectivity index (χ3n) is 2.43.